The molecule has 6 heteroatoms. The van der Waals surface area contributed by atoms with Gasteiger partial charge in [0.1, 0.15) is 18.1 Å². The van der Waals surface area contributed by atoms with Gasteiger partial charge in [-0.05, 0) is 36.2 Å². The zero-order chi connectivity index (χ0) is 18.6. The Bertz CT molecular complexity index is 870. The number of benzene rings is 2. The lowest BCUT2D eigenvalue weighted by Gasteiger charge is -2.38. The molecule has 148 valence electrons. The van der Waals surface area contributed by atoms with Gasteiger partial charge in [-0.3, -0.25) is 9.80 Å². The zero-order valence-corrected chi connectivity index (χ0v) is 17.2. The fraction of sp³-hybridized carbons (Fsp3) is 0.364. The van der Waals surface area contributed by atoms with Gasteiger partial charge in [0, 0.05) is 42.8 Å². The standard InChI is InChI=1S/C22H23ClN2O2.ClH/c23-18-7-8-21-17(15-18)16-20(19-5-1-2-6-22(19)27-21)25-12-10-24(11-13-25)9-3-4-14-26;/h1-2,5-8,15,20,26H,9-14,16H2;1H. The molecule has 28 heavy (non-hydrogen) atoms. The van der Waals surface area contributed by atoms with Crippen LogP contribution in [-0.2, 0) is 6.42 Å². The predicted molar refractivity (Wildman–Crippen MR) is 115 cm³/mol. The number of para-hydroxylation sites is 1. The molecule has 2 aromatic rings. The summed E-state index contributed by atoms with van der Waals surface area (Å²) < 4.78 is 6.23. The maximum absolute atomic E-state index is 8.81. The Morgan fingerprint density at radius 2 is 1.82 bits per heavy atom. The van der Waals surface area contributed by atoms with Crippen molar-refractivity contribution in [2.45, 2.75) is 12.5 Å². The van der Waals surface area contributed by atoms with Gasteiger partial charge in [0.25, 0.3) is 0 Å². The molecule has 0 amide bonds. The molecule has 1 fully saturated rings. The summed E-state index contributed by atoms with van der Waals surface area (Å²) in [7, 11) is 0. The van der Waals surface area contributed by atoms with E-state index in [2.05, 4.69) is 33.8 Å². The quantitative estimate of drug-likeness (QED) is 0.752. The highest BCUT2D eigenvalue weighted by Crippen LogP contribution is 2.41. The summed E-state index contributed by atoms with van der Waals surface area (Å²) >= 11 is 6.25. The molecule has 1 atom stereocenters. The highest BCUT2D eigenvalue weighted by molar-refractivity contribution is 6.30. The molecule has 0 aromatic heterocycles. The SMILES string of the molecule is Cl.OCC#CCN1CCN(C2Cc3cc(Cl)ccc3Oc3ccccc32)CC1. The smallest absolute Gasteiger partial charge is 0.132 e. The van der Waals surface area contributed by atoms with E-state index in [-0.39, 0.29) is 25.1 Å². The molecule has 0 radical (unpaired) electrons. The average molecular weight is 419 g/mol. The summed E-state index contributed by atoms with van der Waals surface area (Å²) in [5.74, 6) is 7.57. The lowest BCUT2D eigenvalue weighted by molar-refractivity contribution is 0.104. The van der Waals surface area contributed by atoms with Gasteiger partial charge in [-0.1, -0.05) is 41.6 Å². The number of halogens is 2. The minimum absolute atomic E-state index is 0. The van der Waals surface area contributed by atoms with Gasteiger partial charge >= 0.3 is 0 Å². The Kier molecular flexibility index (Phi) is 7.23. The van der Waals surface area contributed by atoms with Gasteiger partial charge in [0.15, 0.2) is 0 Å². The van der Waals surface area contributed by atoms with Crippen LogP contribution in [-0.4, -0.2) is 54.2 Å². The highest BCUT2D eigenvalue weighted by Gasteiger charge is 2.30. The second kappa shape index (κ2) is 9.65. The van der Waals surface area contributed by atoms with Crippen LogP contribution in [0, 0.1) is 11.8 Å². The zero-order valence-electron chi connectivity index (χ0n) is 15.6. The van der Waals surface area contributed by atoms with E-state index in [9.17, 15) is 0 Å². The van der Waals surface area contributed by atoms with Crippen LogP contribution in [0.2, 0.25) is 5.02 Å². The molecule has 0 aliphatic carbocycles. The number of aliphatic hydroxyl groups excluding tert-OH is 1. The second-order valence-electron chi connectivity index (χ2n) is 6.94. The maximum atomic E-state index is 8.81. The largest absolute Gasteiger partial charge is 0.457 e. The lowest BCUT2D eigenvalue weighted by Crippen LogP contribution is -2.48. The molecule has 2 aliphatic rings. The number of piperazine rings is 1. The van der Waals surface area contributed by atoms with E-state index in [1.807, 2.05) is 30.3 Å². The first-order valence-electron chi connectivity index (χ1n) is 9.33. The van der Waals surface area contributed by atoms with Gasteiger partial charge in [-0.2, -0.15) is 0 Å². The van der Waals surface area contributed by atoms with Gasteiger partial charge in [0.2, 0.25) is 0 Å². The third kappa shape index (κ3) is 4.63. The first-order chi connectivity index (χ1) is 13.2. The minimum Gasteiger partial charge on any atom is -0.457 e. The number of fused-ring (bicyclic) bond motifs is 2. The van der Waals surface area contributed by atoms with Gasteiger partial charge < -0.3 is 9.84 Å². The number of aliphatic hydroxyl groups is 1. The molecule has 4 nitrogen and oxygen atoms in total. The maximum Gasteiger partial charge on any atom is 0.132 e. The van der Waals surface area contributed by atoms with Crippen molar-refractivity contribution in [2.75, 3.05) is 39.3 Å². The third-order valence-electron chi connectivity index (χ3n) is 5.29. The van der Waals surface area contributed by atoms with Crippen LogP contribution in [0.3, 0.4) is 0 Å². The molecule has 2 aromatic carbocycles. The van der Waals surface area contributed by atoms with Crippen molar-refractivity contribution in [1.29, 1.82) is 0 Å². The monoisotopic (exact) mass is 418 g/mol. The summed E-state index contributed by atoms with van der Waals surface area (Å²) in [6.45, 7) is 4.56. The molecule has 1 N–H and O–H groups in total. The molecule has 2 aliphatic heterocycles. The molecule has 1 unspecified atom stereocenters. The summed E-state index contributed by atoms with van der Waals surface area (Å²) in [4.78, 5) is 4.87. The van der Waals surface area contributed by atoms with Crippen LogP contribution in [0.5, 0.6) is 11.5 Å². The molecule has 0 bridgehead atoms. The van der Waals surface area contributed by atoms with Crippen molar-refractivity contribution in [3.05, 3.63) is 58.6 Å². The predicted octanol–water partition coefficient (Wildman–Crippen LogP) is 3.76. The van der Waals surface area contributed by atoms with Crippen molar-refractivity contribution in [3.8, 4) is 23.3 Å². The normalized spacial score (nSPS) is 19.1. The first-order valence-corrected chi connectivity index (χ1v) is 9.70. The van der Waals surface area contributed by atoms with Crippen molar-refractivity contribution < 1.29 is 9.84 Å². The number of nitrogens with zero attached hydrogens (tertiary/aromatic N) is 2. The Morgan fingerprint density at radius 1 is 1.04 bits per heavy atom. The Hall–Kier alpha value is -1.74. The average Bonchev–Trinajstić information content (AvgIpc) is 2.85. The summed E-state index contributed by atoms with van der Waals surface area (Å²) in [6, 6.07) is 14.5. The minimum atomic E-state index is -0.0687. The molecule has 1 saturated heterocycles. The van der Waals surface area contributed by atoms with Crippen LogP contribution in [0.1, 0.15) is 17.2 Å². The van der Waals surface area contributed by atoms with Crippen LogP contribution in [0.4, 0.5) is 0 Å². The van der Waals surface area contributed by atoms with Crippen LogP contribution < -0.4 is 4.74 Å². The van der Waals surface area contributed by atoms with Crippen LogP contribution in [0.15, 0.2) is 42.5 Å². The van der Waals surface area contributed by atoms with Crippen molar-refractivity contribution in [3.63, 3.8) is 0 Å². The third-order valence-corrected chi connectivity index (χ3v) is 5.52. The van der Waals surface area contributed by atoms with E-state index in [4.69, 9.17) is 21.4 Å². The first kappa shape index (κ1) is 21.0. The summed E-state index contributed by atoms with van der Waals surface area (Å²) in [5.41, 5.74) is 2.39. The van der Waals surface area contributed by atoms with Crippen molar-refractivity contribution >= 4 is 24.0 Å². The molecule has 4 rings (SSSR count). The Morgan fingerprint density at radius 3 is 2.61 bits per heavy atom. The van der Waals surface area contributed by atoms with Gasteiger partial charge in [-0.15, -0.1) is 12.4 Å². The van der Waals surface area contributed by atoms with E-state index >= 15 is 0 Å². The highest BCUT2D eigenvalue weighted by atomic mass is 35.5. The molecular weight excluding hydrogens is 395 g/mol. The van der Waals surface area contributed by atoms with E-state index in [0.717, 1.165) is 61.2 Å². The number of rotatable bonds is 2. The number of hydrogen-bond acceptors (Lipinski definition) is 4. The van der Waals surface area contributed by atoms with Crippen molar-refractivity contribution in [2.24, 2.45) is 0 Å². The summed E-state index contributed by atoms with van der Waals surface area (Å²) in [6.07, 6.45) is 0.886. The van der Waals surface area contributed by atoms with Crippen molar-refractivity contribution in [1.82, 2.24) is 9.80 Å². The van der Waals surface area contributed by atoms with Gasteiger partial charge in [0.05, 0.1) is 6.54 Å². The fourth-order valence-corrected chi connectivity index (χ4v) is 4.07. The molecule has 0 spiro atoms. The van der Waals surface area contributed by atoms with E-state index in [1.54, 1.807) is 0 Å². The van der Waals surface area contributed by atoms with E-state index < -0.39 is 0 Å². The summed E-state index contributed by atoms with van der Waals surface area (Å²) in [5, 5.41) is 9.55. The van der Waals surface area contributed by atoms with E-state index in [0.29, 0.717) is 0 Å². The van der Waals surface area contributed by atoms with Crippen LogP contribution >= 0.6 is 24.0 Å². The topological polar surface area (TPSA) is 35.9 Å². The molecular formula is C22H24Cl2N2O2. The molecule has 2 heterocycles. The fourth-order valence-electron chi connectivity index (χ4n) is 3.88. The van der Waals surface area contributed by atoms with E-state index in [1.165, 1.54) is 5.56 Å². The molecule has 0 saturated carbocycles. The van der Waals surface area contributed by atoms with Crippen LogP contribution in [0.25, 0.3) is 0 Å². The second-order valence-corrected chi connectivity index (χ2v) is 7.37. The number of ether oxygens (including phenoxy) is 1. The lowest BCUT2D eigenvalue weighted by atomic mass is 9.96. The van der Waals surface area contributed by atoms with Gasteiger partial charge in [-0.25, -0.2) is 0 Å². The Labute approximate surface area is 177 Å². The number of hydrogen-bond donors (Lipinski definition) is 1. The Balaban J connectivity index is 0.00000225.